The lowest BCUT2D eigenvalue weighted by atomic mass is 10.0. The van der Waals surface area contributed by atoms with E-state index in [-0.39, 0.29) is 36.4 Å². The van der Waals surface area contributed by atoms with Gasteiger partial charge >= 0.3 is 0 Å². The zero-order valence-electron chi connectivity index (χ0n) is 22.9. The molecule has 0 radical (unpaired) electrons. The van der Waals surface area contributed by atoms with Gasteiger partial charge in [-0.2, -0.15) is 0 Å². The molecule has 1 fully saturated rings. The van der Waals surface area contributed by atoms with Gasteiger partial charge in [-0.05, 0) is 68.5 Å². The number of methoxy groups -OCH3 is 3. The van der Waals surface area contributed by atoms with E-state index in [1.54, 1.807) is 38.4 Å². The summed E-state index contributed by atoms with van der Waals surface area (Å²) in [5, 5.41) is 3.17. The third-order valence-electron chi connectivity index (χ3n) is 6.65. The first-order valence-corrected chi connectivity index (χ1v) is 13.6. The quantitative estimate of drug-likeness (QED) is 0.359. The van der Waals surface area contributed by atoms with E-state index in [1.165, 1.54) is 0 Å². The molecule has 1 saturated carbocycles. The summed E-state index contributed by atoms with van der Waals surface area (Å²) >= 11 is 6.06. The van der Waals surface area contributed by atoms with Crippen molar-refractivity contribution in [2.24, 2.45) is 0 Å². The van der Waals surface area contributed by atoms with Crippen LogP contribution in [-0.4, -0.2) is 62.6 Å². The van der Waals surface area contributed by atoms with Gasteiger partial charge in [0.25, 0.3) is 0 Å². The zero-order chi connectivity index (χ0) is 27.7. The lowest BCUT2D eigenvalue weighted by molar-refractivity contribution is -0.139. The van der Waals surface area contributed by atoms with E-state index in [2.05, 4.69) is 5.32 Å². The summed E-state index contributed by atoms with van der Waals surface area (Å²) in [6.07, 6.45) is 4.45. The van der Waals surface area contributed by atoms with Crippen molar-refractivity contribution in [2.45, 2.75) is 64.1 Å². The summed E-state index contributed by atoms with van der Waals surface area (Å²) in [4.78, 5) is 28.5. The van der Waals surface area contributed by atoms with Crippen LogP contribution >= 0.6 is 11.6 Å². The Bertz CT molecular complexity index is 1090. The molecule has 0 heterocycles. The number of nitrogens with one attached hydrogen (secondary N) is 1. The molecule has 1 atom stereocenters. The van der Waals surface area contributed by atoms with Gasteiger partial charge in [-0.25, -0.2) is 0 Å². The van der Waals surface area contributed by atoms with Gasteiger partial charge in [-0.1, -0.05) is 25.0 Å². The van der Waals surface area contributed by atoms with E-state index >= 15 is 0 Å². The molecule has 2 amide bonds. The SMILES string of the molecule is COc1ccc(CCN(C(=O)CCl)[C@H](C(=O)NC2CCCC2)c2ccc(OC(C)C)c(OC)c2)cc1OC. The van der Waals surface area contributed by atoms with Crippen LogP contribution in [0.25, 0.3) is 0 Å². The van der Waals surface area contributed by atoms with Gasteiger partial charge in [0.1, 0.15) is 11.9 Å². The number of nitrogens with zero attached hydrogens (tertiary/aromatic N) is 1. The predicted octanol–water partition coefficient (Wildman–Crippen LogP) is 4.91. The maximum Gasteiger partial charge on any atom is 0.247 e. The minimum atomic E-state index is -0.885. The minimum absolute atomic E-state index is 0.0491. The molecule has 0 bridgehead atoms. The topological polar surface area (TPSA) is 86.3 Å². The standard InChI is InChI=1S/C29H39ClN2O6/c1-19(2)38-24-13-11-21(17-26(24)37-5)28(29(34)31-22-8-6-7-9-22)32(27(33)18-30)15-14-20-10-12-23(35-3)25(16-20)36-4/h10-13,16-17,19,22,28H,6-9,14-15,18H2,1-5H3,(H,31,34)/t28-/m0/s1. The molecule has 9 heteroatoms. The first-order chi connectivity index (χ1) is 18.3. The maximum atomic E-state index is 13.8. The largest absolute Gasteiger partial charge is 0.493 e. The van der Waals surface area contributed by atoms with Crippen LogP contribution < -0.4 is 24.3 Å². The molecule has 38 heavy (non-hydrogen) atoms. The fourth-order valence-corrected chi connectivity index (χ4v) is 4.94. The molecule has 8 nitrogen and oxygen atoms in total. The monoisotopic (exact) mass is 546 g/mol. The number of alkyl halides is 1. The van der Waals surface area contributed by atoms with Crippen LogP contribution in [0.5, 0.6) is 23.0 Å². The highest BCUT2D eigenvalue weighted by Gasteiger charge is 2.33. The van der Waals surface area contributed by atoms with Crippen LogP contribution in [0.4, 0.5) is 0 Å². The lowest BCUT2D eigenvalue weighted by Gasteiger charge is -2.32. The van der Waals surface area contributed by atoms with Crippen LogP contribution in [-0.2, 0) is 16.0 Å². The molecule has 0 unspecified atom stereocenters. The van der Waals surface area contributed by atoms with Gasteiger partial charge in [0, 0.05) is 12.6 Å². The number of rotatable bonds is 13. The van der Waals surface area contributed by atoms with Gasteiger partial charge in [0.15, 0.2) is 23.0 Å². The highest BCUT2D eigenvalue weighted by Crippen LogP contribution is 2.34. The van der Waals surface area contributed by atoms with Gasteiger partial charge in [0.05, 0.1) is 27.4 Å². The van der Waals surface area contributed by atoms with Crippen molar-refractivity contribution < 1.29 is 28.5 Å². The molecule has 208 valence electrons. The van der Waals surface area contributed by atoms with E-state index in [9.17, 15) is 9.59 Å². The normalized spacial score (nSPS) is 14.2. The second kappa shape index (κ2) is 14.1. The fraction of sp³-hybridized carbons (Fsp3) is 0.517. The number of hydrogen-bond acceptors (Lipinski definition) is 6. The summed E-state index contributed by atoms with van der Waals surface area (Å²) in [5.41, 5.74) is 1.56. The van der Waals surface area contributed by atoms with Crippen molar-refractivity contribution in [2.75, 3.05) is 33.8 Å². The average Bonchev–Trinajstić information content (AvgIpc) is 3.43. The van der Waals surface area contributed by atoms with E-state index in [1.807, 2.05) is 38.1 Å². The second-order valence-electron chi connectivity index (χ2n) is 9.63. The van der Waals surface area contributed by atoms with Crippen LogP contribution in [0, 0.1) is 0 Å². The fourth-order valence-electron chi connectivity index (χ4n) is 4.79. The van der Waals surface area contributed by atoms with Crippen molar-refractivity contribution >= 4 is 23.4 Å². The molecule has 1 aliphatic carbocycles. The van der Waals surface area contributed by atoms with Crippen molar-refractivity contribution in [3.8, 4) is 23.0 Å². The Hall–Kier alpha value is -3.13. The number of amides is 2. The molecule has 2 aromatic rings. The summed E-state index contributed by atoms with van der Waals surface area (Å²) in [7, 11) is 4.71. The minimum Gasteiger partial charge on any atom is -0.493 e. The van der Waals surface area contributed by atoms with Crippen LogP contribution in [0.3, 0.4) is 0 Å². The van der Waals surface area contributed by atoms with Crippen LogP contribution in [0.15, 0.2) is 36.4 Å². The molecular weight excluding hydrogens is 508 g/mol. The number of carbonyl (C=O) groups excluding carboxylic acids is 2. The predicted molar refractivity (Wildman–Crippen MR) is 148 cm³/mol. The average molecular weight is 547 g/mol. The third-order valence-corrected chi connectivity index (χ3v) is 6.88. The Morgan fingerprint density at radius 3 is 2.18 bits per heavy atom. The molecule has 1 aliphatic rings. The van der Waals surface area contributed by atoms with Crippen molar-refractivity contribution in [3.05, 3.63) is 47.5 Å². The smallest absolute Gasteiger partial charge is 0.247 e. The molecule has 2 aromatic carbocycles. The molecule has 0 aliphatic heterocycles. The molecule has 1 N–H and O–H groups in total. The highest BCUT2D eigenvalue weighted by molar-refractivity contribution is 6.27. The van der Waals surface area contributed by atoms with Crippen molar-refractivity contribution in [1.29, 1.82) is 0 Å². The molecule has 0 aromatic heterocycles. The first kappa shape index (κ1) is 29.4. The van der Waals surface area contributed by atoms with E-state index in [4.69, 9.17) is 30.5 Å². The van der Waals surface area contributed by atoms with Crippen LogP contribution in [0.2, 0.25) is 0 Å². The van der Waals surface area contributed by atoms with Gasteiger partial charge in [-0.15, -0.1) is 11.6 Å². The van der Waals surface area contributed by atoms with Crippen molar-refractivity contribution in [3.63, 3.8) is 0 Å². The Balaban J connectivity index is 1.97. The second-order valence-corrected chi connectivity index (χ2v) is 9.90. The van der Waals surface area contributed by atoms with E-state index in [0.29, 0.717) is 35.0 Å². The Kier molecular flexibility index (Phi) is 11.0. The number of carbonyl (C=O) groups is 2. The lowest BCUT2D eigenvalue weighted by Crippen LogP contribution is -2.47. The van der Waals surface area contributed by atoms with E-state index < -0.39 is 6.04 Å². The Labute approximate surface area is 230 Å². The zero-order valence-corrected chi connectivity index (χ0v) is 23.7. The summed E-state index contributed by atoms with van der Waals surface area (Å²) in [6, 6.07) is 10.2. The molecule has 0 spiro atoms. The van der Waals surface area contributed by atoms with Gasteiger partial charge in [-0.3, -0.25) is 9.59 Å². The van der Waals surface area contributed by atoms with E-state index in [0.717, 1.165) is 31.2 Å². The third kappa shape index (κ3) is 7.47. The number of halogens is 1. The molecular formula is C29H39ClN2O6. The van der Waals surface area contributed by atoms with Crippen molar-refractivity contribution in [1.82, 2.24) is 10.2 Å². The summed E-state index contributed by atoms with van der Waals surface area (Å²) in [5.74, 6) is 1.47. The van der Waals surface area contributed by atoms with Gasteiger partial charge < -0.3 is 29.2 Å². The van der Waals surface area contributed by atoms with Gasteiger partial charge in [0.2, 0.25) is 11.8 Å². The number of hydrogen-bond donors (Lipinski definition) is 1. The van der Waals surface area contributed by atoms with Crippen LogP contribution in [0.1, 0.15) is 56.7 Å². The molecule has 0 saturated heterocycles. The molecule has 3 rings (SSSR count). The Morgan fingerprint density at radius 1 is 0.947 bits per heavy atom. The maximum absolute atomic E-state index is 13.8. The number of ether oxygens (including phenoxy) is 4. The highest BCUT2D eigenvalue weighted by atomic mass is 35.5. The Morgan fingerprint density at radius 2 is 1.58 bits per heavy atom. The summed E-state index contributed by atoms with van der Waals surface area (Å²) in [6.45, 7) is 4.14. The summed E-state index contributed by atoms with van der Waals surface area (Å²) < 4.78 is 22.2. The number of benzene rings is 2. The first-order valence-electron chi connectivity index (χ1n) is 13.0.